The lowest BCUT2D eigenvalue weighted by atomic mass is 10.1. The van der Waals surface area contributed by atoms with Gasteiger partial charge in [0, 0.05) is 29.6 Å². The fraction of sp³-hybridized carbons (Fsp3) is 0.158. The molecule has 0 atom stereocenters. The minimum Gasteiger partial charge on any atom is -0.357 e. The van der Waals surface area contributed by atoms with Crippen molar-refractivity contribution in [3.63, 3.8) is 0 Å². The van der Waals surface area contributed by atoms with Gasteiger partial charge in [0.05, 0.1) is 5.69 Å². The summed E-state index contributed by atoms with van der Waals surface area (Å²) in [5.74, 6) is 0.0174. The third-order valence-electron chi connectivity index (χ3n) is 3.58. The van der Waals surface area contributed by atoms with Crippen LogP contribution in [0.5, 0.6) is 0 Å². The molecular formula is C19H19N3OS. The first-order chi connectivity index (χ1) is 11.7. The number of nitrogens with zero attached hydrogens (tertiary/aromatic N) is 1. The van der Waals surface area contributed by atoms with E-state index in [1.807, 2.05) is 54.8 Å². The van der Waals surface area contributed by atoms with E-state index >= 15 is 0 Å². The molecule has 0 spiro atoms. The third kappa shape index (κ3) is 4.20. The molecule has 5 heteroatoms. The van der Waals surface area contributed by atoms with Gasteiger partial charge in [0.1, 0.15) is 0 Å². The number of anilines is 2. The molecule has 3 aromatic rings. The van der Waals surface area contributed by atoms with E-state index in [4.69, 9.17) is 0 Å². The van der Waals surface area contributed by atoms with Crippen LogP contribution in [-0.2, 0) is 11.3 Å². The second-order valence-corrected chi connectivity index (χ2v) is 6.21. The maximum absolute atomic E-state index is 11.4. The van der Waals surface area contributed by atoms with E-state index in [9.17, 15) is 4.79 Å². The number of benzene rings is 2. The zero-order valence-corrected chi connectivity index (χ0v) is 14.3. The Morgan fingerprint density at radius 3 is 2.54 bits per heavy atom. The number of carbonyl (C=O) groups excluding carboxylic acids is 1. The Kier molecular flexibility index (Phi) is 5.23. The summed E-state index contributed by atoms with van der Waals surface area (Å²) in [6, 6.07) is 18.0. The molecule has 2 N–H and O–H groups in total. The molecule has 24 heavy (non-hydrogen) atoms. The van der Waals surface area contributed by atoms with E-state index in [0.29, 0.717) is 6.42 Å². The summed E-state index contributed by atoms with van der Waals surface area (Å²) >= 11 is 1.59. The van der Waals surface area contributed by atoms with Gasteiger partial charge in [0.15, 0.2) is 5.13 Å². The van der Waals surface area contributed by atoms with E-state index in [-0.39, 0.29) is 5.91 Å². The topological polar surface area (TPSA) is 54.0 Å². The predicted octanol–water partition coefficient (Wildman–Crippen LogP) is 4.77. The number of nitrogens with one attached hydrogen (secondary N) is 2. The van der Waals surface area contributed by atoms with E-state index in [1.165, 1.54) is 5.56 Å². The lowest BCUT2D eigenvalue weighted by Gasteiger charge is -2.04. The molecule has 122 valence electrons. The first kappa shape index (κ1) is 16.2. The Labute approximate surface area is 145 Å². The van der Waals surface area contributed by atoms with Crippen LogP contribution < -0.4 is 10.6 Å². The van der Waals surface area contributed by atoms with Gasteiger partial charge < -0.3 is 10.6 Å². The number of amides is 1. The molecule has 1 amide bonds. The molecule has 0 saturated heterocycles. The van der Waals surface area contributed by atoms with Crippen molar-refractivity contribution in [2.24, 2.45) is 0 Å². The second kappa shape index (κ2) is 7.75. The molecule has 0 aliphatic heterocycles. The van der Waals surface area contributed by atoms with Gasteiger partial charge in [-0.3, -0.25) is 4.79 Å². The minimum atomic E-state index is 0.0174. The van der Waals surface area contributed by atoms with E-state index in [2.05, 4.69) is 27.8 Å². The van der Waals surface area contributed by atoms with E-state index < -0.39 is 0 Å². The van der Waals surface area contributed by atoms with Crippen molar-refractivity contribution in [3.05, 3.63) is 65.5 Å². The highest BCUT2D eigenvalue weighted by atomic mass is 32.1. The van der Waals surface area contributed by atoms with Gasteiger partial charge in [-0.1, -0.05) is 49.4 Å². The second-order valence-electron chi connectivity index (χ2n) is 5.36. The molecule has 0 aliphatic rings. The Bertz CT molecular complexity index is 797. The SMILES string of the molecule is CCC(=O)Nc1ccc(-c2csc(NCc3ccccc3)n2)cc1. The molecule has 1 heterocycles. The molecule has 4 nitrogen and oxygen atoms in total. The highest BCUT2D eigenvalue weighted by Crippen LogP contribution is 2.26. The van der Waals surface area contributed by atoms with Gasteiger partial charge in [-0.05, 0) is 17.7 Å². The molecule has 1 aromatic heterocycles. The number of rotatable bonds is 6. The molecule has 3 rings (SSSR count). The number of thiazole rings is 1. The summed E-state index contributed by atoms with van der Waals surface area (Å²) < 4.78 is 0. The number of carbonyl (C=O) groups is 1. The monoisotopic (exact) mass is 337 g/mol. The van der Waals surface area contributed by atoms with Crippen molar-refractivity contribution in [2.45, 2.75) is 19.9 Å². The molecule has 0 saturated carbocycles. The first-order valence-electron chi connectivity index (χ1n) is 7.88. The average molecular weight is 337 g/mol. The predicted molar refractivity (Wildman–Crippen MR) is 100 cm³/mol. The molecule has 0 radical (unpaired) electrons. The number of hydrogen-bond donors (Lipinski definition) is 2. The molecule has 2 aromatic carbocycles. The van der Waals surface area contributed by atoms with Crippen LogP contribution in [-0.4, -0.2) is 10.9 Å². The zero-order valence-electron chi connectivity index (χ0n) is 13.5. The fourth-order valence-electron chi connectivity index (χ4n) is 2.23. The van der Waals surface area contributed by atoms with Gasteiger partial charge in [-0.15, -0.1) is 11.3 Å². The number of aromatic nitrogens is 1. The van der Waals surface area contributed by atoms with Crippen LogP contribution in [0.25, 0.3) is 11.3 Å². The van der Waals surface area contributed by atoms with Gasteiger partial charge >= 0.3 is 0 Å². The molecule has 0 unspecified atom stereocenters. The van der Waals surface area contributed by atoms with Crippen LogP contribution in [0.15, 0.2) is 60.0 Å². The lowest BCUT2D eigenvalue weighted by molar-refractivity contribution is -0.115. The van der Waals surface area contributed by atoms with Gasteiger partial charge in [-0.2, -0.15) is 0 Å². The van der Waals surface area contributed by atoms with Gasteiger partial charge in [0.25, 0.3) is 0 Å². The van der Waals surface area contributed by atoms with Crippen molar-refractivity contribution in [2.75, 3.05) is 10.6 Å². The Hall–Kier alpha value is -2.66. The van der Waals surface area contributed by atoms with E-state index in [0.717, 1.165) is 28.6 Å². The zero-order chi connectivity index (χ0) is 16.8. The summed E-state index contributed by atoms with van der Waals surface area (Å²) in [7, 11) is 0. The van der Waals surface area contributed by atoms with E-state index in [1.54, 1.807) is 11.3 Å². The van der Waals surface area contributed by atoms with Crippen LogP contribution in [0.2, 0.25) is 0 Å². The molecular weight excluding hydrogens is 318 g/mol. The number of hydrogen-bond acceptors (Lipinski definition) is 4. The summed E-state index contributed by atoms with van der Waals surface area (Å²) in [5.41, 5.74) is 4.01. The largest absolute Gasteiger partial charge is 0.357 e. The summed E-state index contributed by atoms with van der Waals surface area (Å²) in [5, 5.41) is 9.13. The van der Waals surface area contributed by atoms with Crippen LogP contribution in [0, 0.1) is 0 Å². The Morgan fingerprint density at radius 2 is 1.83 bits per heavy atom. The highest BCUT2D eigenvalue weighted by Gasteiger charge is 2.05. The molecule has 0 fully saturated rings. The van der Waals surface area contributed by atoms with Crippen LogP contribution >= 0.6 is 11.3 Å². The fourth-order valence-corrected chi connectivity index (χ4v) is 2.95. The normalized spacial score (nSPS) is 10.4. The summed E-state index contributed by atoms with van der Waals surface area (Å²) in [6.07, 6.45) is 0.476. The molecule has 0 bridgehead atoms. The van der Waals surface area contributed by atoms with Crippen molar-refractivity contribution < 1.29 is 4.79 Å². The Balaban J connectivity index is 1.63. The van der Waals surface area contributed by atoms with Crippen molar-refractivity contribution >= 4 is 28.1 Å². The molecule has 0 aliphatic carbocycles. The van der Waals surface area contributed by atoms with Crippen molar-refractivity contribution in [3.8, 4) is 11.3 Å². The quantitative estimate of drug-likeness (QED) is 0.681. The maximum Gasteiger partial charge on any atom is 0.224 e. The Morgan fingerprint density at radius 1 is 1.08 bits per heavy atom. The van der Waals surface area contributed by atoms with Crippen molar-refractivity contribution in [1.29, 1.82) is 0 Å². The van der Waals surface area contributed by atoms with Crippen LogP contribution in [0.1, 0.15) is 18.9 Å². The smallest absolute Gasteiger partial charge is 0.224 e. The summed E-state index contributed by atoms with van der Waals surface area (Å²) in [6.45, 7) is 2.60. The first-order valence-corrected chi connectivity index (χ1v) is 8.76. The average Bonchev–Trinajstić information content (AvgIpc) is 3.10. The minimum absolute atomic E-state index is 0.0174. The van der Waals surface area contributed by atoms with Crippen LogP contribution in [0.4, 0.5) is 10.8 Å². The standard InChI is InChI=1S/C19H19N3OS/c1-2-18(23)21-16-10-8-15(9-11-16)17-13-24-19(22-17)20-12-14-6-4-3-5-7-14/h3-11,13H,2,12H2,1H3,(H,20,22)(H,21,23). The van der Waals surface area contributed by atoms with Crippen molar-refractivity contribution in [1.82, 2.24) is 4.98 Å². The lowest BCUT2D eigenvalue weighted by Crippen LogP contribution is -2.08. The third-order valence-corrected chi connectivity index (χ3v) is 4.38. The summed E-state index contributed by atoms with van der Waals surface area (Å²) in [4.78, 5) is 16.0. The highest BCUT2D eigenvalue weighted by molar-refractivity contribution is 7.14. The van der Waals surface area contributed by atoms with Gasteiger partial charge in [-0.25, -0.2) is 4.98 Å². The maximum atomic E-state index is 11.4. The van der Waals surface area contributed by atoms with Crippen LogP contribution in [0.3, 0.4) is 0 Å². The van der Waals surface area contributed by atoms with Gasteiger partial charge in [0.2, 0.25) is 5.91 Å².